The van der Waals surface area contributed by atoms with E-state index < -0.39 is 12.8 Å². The van der Waals surface area contributed by atoms with Crippen LogP contribution in [0.4, 0.5) is 13.2 Å². The number of rotatable bonds is 3. The van der Waals surface area contributed by atoms with E-state index in [1.54, 1.807) is 12.1 Å². The largest absolute Gasteiger partial charge is 0.435 e. The third kappa shape index (κ3) is 3.16. The van der Waals surface area contributed by atoms with Gasteiger partial charge < -0.3 is 10.1 Å². The molecule has 0 aromatic heterocycles. The minimum Gasteiger partial charge on any atom is -0.435 e. The molecule has 1 aromatic carbocycles. The normalized spacial score (nSPS) is 24.3. The molecular formula is C13H16F3NO. The zero-order valence-electron chi connectivity index (χ0n) is 10.1. The number of benzene rings is 1. The van der Waals surface area contributed by atoms with Crippen molar-refractivity contribution in [1.29, 1.82) is 0 Å². The Morgan fingerprint density at radius 2 is 2.11 bits per heavy atom. The molecule has 1 aliphatic rings. The van der Waals surface area contributed by atoms with Crippen LogP contribution in [0.25, 0.3) is 0 Å². The van der Waals surface area contributed by atoms with Crippen LogP contribution >= 0.6 is 0 Å². The summed E-state index contributed by atoms with van der Waals surface area (Å²) in [5.41, 5.74) is 1.89. The molecule has 0 saturated carbocycles. The van der Waals surface area contributed by atoms with Gasteiger partial charge in [0.05, 0.1) is 0 Å². The second-order valence-corrected chi connectivity index (χ2v) is 4.53. The van der Waals surface area contributed by atoms with Crippen LogP contribution in [0.2, 0.25) is 0 Å². The molecule has 2 atom stereocenters. The van der Waals surface area contributed by atoms with Crippen LogP contribution < -0.4 is 10.1 Å². The smallest absolute Gasteiger partial charge is 0.387 e. The first kappa shape index (κ1) is 13.2. The van der Waals surface area contributed by atoms with E-state index in [0.29, 0.717) is 13.0 Å². The van der Waals surface area contributed by atoms with Gasteiger partial charge in [-0.25, -0.2) is 4.39 Å². The number of hydrogen-bond donors (Lipinski definition) is 1. The Balaban J connectivity index is 2.09. The summed E-state index contributed by atoms with van der Waals surface area (Å²) in [6.07, 6.45) is 0.465. The van der Waals surface area contributed by atoms with Gasteiger partial charge in [0.2, 0.25) is 0 Å². The Morgan fingerprint density at radius 3 is 2.67 bits per heavy atom. The summed E-state index contributed by atoms with van der Waals surface area (Å²) in [7, 11) is 0. The van der Waals surface area contributed by atoms with Crippen LogP contribution in [0.15, 0.2) is 18.2 Å². The topological polar surface area (TPSA) is 21.3 Å². The van der Waals surface area contributed by atoms with E-state index in [2.05, 4.69) is 10.1 Å². The molecule has 1 N–H and O–H groups in total. The molecule has 1 fully saturated rings. The highest BCUT2D eigenvalue weighted by Gasteiger charge is 2.22. The maximum absolute atomic E-state index is 13.0. The Morgan fingerprint density at radius 1 is 1.33 bits per heavy atom. The summed E-state index contributed by atoms with van der Waals surface area (Å²) in [4.78, 5) is 0. The van der Waals surface area contributed by atoms with Gasteiger partial charge in [-0.3, -0.25) is 0 Å². The molecule has 0 aliphatic carbocycles. The first-order chi connectivity index (χ1) is 8.56. The minimum absolute atomic E-state index is 0.0950. The van der Waals surface area contributed by atoms with Gasteiger partial charge >= 0.3 is 6.61 Å². The predicted octanol–water partition coefficient (Wildman–Crippen LogP) is 3.36. The second-order valence-electron chi connectivity index (χ2n) is 4.53. The van der Waals surface area contributed by atoms with Gasteiger partial charge in [0.15, 0.2) is 0 Å². The molecule has 0 spiro atoms. The molecule has 1 saturated heterocycles. The zero-order chi connectivity index (χ0) is 13.1. The van der Waals surface area contributed by atoms with Crippen molar-refractivity contribution < 1.29 is 17.9 Å². The fraction of sp³-hybridized carbons (Fsp3) is 0.538. The van der Waals surface area contributed by atoms with E-state index >= 15 is 0 Å². The second kappa shape index (κ2) is 5.61. The third-order valence-corrected chi connectivity index (χ3v) is 3.20. The molecule has 2 nitrogen and oxygen atoms in total. The summed E-state index contributed by atoms with van der Waals surface area (Å²) in [5.74, 6) is 0.158. The highest BCUT2D eigenvalue weighted by Crippen LogP contribution is 2.29. The first-order valence-corrected chi connectivity index (χ1v) is 5.99. The van der Waals surface area contributed by atoms with Gasteiger partial charge in [0, 0.05) is 12.6 Å². The standard InChI is InChI=1S/C13H16F3NO/c1-8-6-10(18-13(15)16)3-4-11(8)12-5-2-9(14)7-17-12/h3-4,6,9,12-13,17H,2,5,7H2,1H3/t9-,12-/m1/s1. The van der Waals surface area contributed by atoms with Crippen LogP contribution in [-0.2, 0) is 0 Å². The number of hydrogen-bond acceptors (Lipinski definition) is 2. The lowest BCUT2D eigenvalue weighted by Crippen LogP contribution is -2.34. The SMILES string of the molecule is Cc1cc(OC(F)F)ccc1[C@H]1CC[C@@H](F)CN1. The molecule has 0 radical (unpaired) electrons. The van der Waals surface area contributed by atoms with Crippen LogP contribution in [0.1, 0.15) is 30.0 Å². The van der Waals surface area contributed by atoms with Crippen molar-refractivity contribution in [3.05, 3.63) is 29.3 Å². The molecule has 0 unspecified atom stereocenters. The first-order valence-electron chi connectivity index (χ1n) is 5.99. The molecule has 18 heavy (non-hydrogen) atoms. The third-order valence-electron chi connectivity index (χ3n) is 3.20. The summed E-state index contributed by atoms with van der Waals surface area (Å²) in [5, 5.41) is 3.12. The van der Waals surface area contributed by atoms with Gasteiger partial charge in [-0.1, -0.05) is 6.07 Å². The van der Waals surface area contributed by atoms with Crippen molar-refractivity contribution in [2.45, 2.75) is 38.6 Å². The molecule has 1 aromatic rings. The van der Waals surface area contributed by atoms with Crippen molar-refractivity contribution in [2.24, 2.45) is 0 Å². The van der Waals surface area contributed by atoms with E-state index in [1.165, 1.54) is 6.07 Å². The van der Waals surface area contributed by atoms with Crippen molar-refractivity contribution in [1.82, 2.24) is 5.32 Å². The van der Waals surface area contributed by atoms with E-state index in [1.807, 2.05) is 6.92 Å². The maximum atomic E-state index is 13.0. The van der Waals surface area contributed by atoms with Gasteiger partial charge in [-0.05, 0) is 43.0 Å². The monoisotopic (exact) mass is 259 g/mol. The van der Waals surface area contributed by atoms with E-state index in [0.717, 1.165) is 17.5 Å². The van der Waals surface area contributed by atoms with Gasteiger partial charge in [-0.15, -0.1) is 0 Å². The number of aryl methyl sites for hydroxylation is 1. The minimum atomic E-state index is -2.81. The van der Waals surface area contributed by atoms with Crippen molar-refractivity contribution >= 4 is 0 Å². The van der Waals surface area contributed by atoms with Gasteiger partial charge in [0.1, 0.15) is 11.9 Å². The highest BCUT2D eigenvalue weighted by molar-refractivity contribution is 5.37. The van der Waals surface area contributed by atoms with Crippen molar-refractivity contribution in [3.63, 3.8) is 0 Å². The Labute approximate surface area is 104 Å². The lowest BCUT2D eigenvalue weighted by molar-refractivity contribution is -0.0498. The molecule has 2 rings (SSSR count). The molecule has 1 heterocycles. The molecule has 0 amide bonds. The van der Waals surface area contributed by atoms with E-state index in [4.69, 9.17) is 0 Å². The van der Waals surface area contributed by atoms with E-state index in [-0.39, 0.29) is 11.8 Å². The average Bonchev–Trinajstić information content (AvgIpc) is 2.30. The van der Waals surface area contributed by atoms with Crippen molar-refractivity contribution in [2.75, 3.05) is 6.54 Å². The lowest BCUT2D eigenvalue weighted by Gasteiger charge is -2.27. The number of ether oxygens (including phenoxy) is 1. The summed E-state index contributed by atoms with van der Waals surface area (Å²) < 4.78 is 41.5. The molecule has 0 bridgehead atoms. The predicted molar refractivity (Wildman–Crippen MR) is 62.7 cm³/mol. The zero-order valence-corrected chi connectivity index (χ0v) is 10.1. The number of halogens is 3. The Hall–Kier alpha value is -1.23. The quantitative estimate of drug-likeness (QED) is 0.898. The Bertz CT molecular complexity index is 403. The average molecular weight is 259 g/mol. The van der Waals surface area contributed by atoms with Crippen LogP contribution in [0.5, 0.6) is 5.75 Å². The maximum Gasteiger partial charge on any atom is 0.387 e. The fourth-order valence-electron chi connectivity index (χ4n) is 2.30. The molecule has 1 aliphatic heterocycles. The van der Waals surface area contributed by atoms with Crippen LogP contribution in [-0.4, -0.2) is 19.3 Å². The molecular weight excluding hydrogens is 243 g/mol. The van der Waals surface area contributed by atoms with Crippen LogP contribution in [0.3, 0.4) is 0 Å². The lowest BCUT2D eigenvalue weighted by atomic mass is 9.93. The molecule has 100 valence electrons. The summed E-state index contributed by atoms with van der Waals surface area (Å²) >= 11 is 0. The Kier molecular flexibility index (Phi) is 4.11. The van der Waals surface area contributed by atoms with Crippen LogP contribution in [0, 0.1) is 6.92 Å². The number of alkyl halides is 3. The van der Waals surface area contributed by atoms with E-state index in [9.17, 15) is 13.2 Å². The van der Waals surface area contributed by atoms with Crippen molar-refractivity contribution in [3.8, 4) is 5.75 Å². The molecule has 5 heteroatoms. The fourth-order valence-corrected chi connectivity index (χ4v) is 2.30. The number of piperidine rings is 1. The summed E-state index contributed by atoms with van der Waals surface area (Å²) in [6.45, 7) is -0.619. The van der Waals surface area contributed by atoms with Gasteiger partial charge in [-0.2, -0.15) is 8.78 Å². The summed E-state index contributed by atoms with van der Waals surface area (Å²) in [6, 6.07) is 4.98. The number of nitrogens with one attached hydrogen (secondary N) is 1. The highest BCUT2D eigenvalue weighted by atomic mass is 19.3. The van der Waals surface area contributed by atoms with Gasteiger partial charge in [0.25, 0.3) is 0 Å².